The van der Waals surface area contributed by atoms with Crippen LogP contribution in [0.25, 0.3) is 0 Å². The van der Waals surface area contributed by atoms with Crippen molar-refractivity contribution in [3.8, 4) is 0 Å². The fourth-order valence-electron chi connectivity index (χ4n) is 1.09. The molecule has 0 spiro atoms. The fourth-order valence-corrected chi connectivity index (χ4v) is 4.85. The number of hydrogen-bond acceptors (Lipinski definition) is 6. The summed E-state index contributed by atoms with van der Waals surface area (Å²) in [5, 5.41) is 4.16. The maximum absolute atomic E-state index is 11.5. The smallest absolute Gasteiger partial charge is 0.330 e. The fraction of sp³-hybridized carbons (Fsp3) is 0.600. The minimum Gasteiger partial charge on any atom is -0.461 e. The molecular weight excluding hydrogens is 278 g/mol. The summed E-state index contributed by atoms with van der Waals surface area (Å²) >= 11 is 5.06. The maximum Gasteiger partial charge on any atom is 0.330 e. The van der Waals surface area contributed by atoms with E-state index in [0.29, 0.717) is 11.8 Å². The SMILES string of the molecule is C=CC(=O)OCCNC(=O)SC1CSCSC1. The lowest BCUT2D eigenvalue weighted by Crippen LogP contribution is -2.27. The molecule has 0 unspecified atom stereocenters. The number of carbonyl (C=O) groups excluding carboxylic acids is 2. The number of esters is 1. The van der Waals surface area contributed by atoms with Crippen molar-refractivity contribution >= 4 is 46.5 Å². The van der Waals surface area contributed by atoms with Gasteiger partial charge in [0.1, 0.15) is 6.61 Å². The summed E-state index contributed by atoms with van der Waals surface area (Å²) in [4.78, 5) is 22.2. The van der Waals surface area contributed by atoms with Crippen molar-refractivity contribution in [1.29, 1.82) is 0 Å². The Morgan fingerprint density at radius 3 is 2.82 bits per heavy atom. The van der Waals surface area contributed by atoms with Gasteiger partial charge in [-0.2, -0.15) is 0 Å². The normalized spacial score (nSPS) is 16.2. The highest BCUT2D eigenvalue weighted by Crippen LogP contribution is 2.29. The number of thioether (sulfide) groups is 3. The van der Waals surface area contributed by atoms with Crippen molar-refractivity contribution < 1.29 is 14.3 Å². The zero-order valence-corrected chi connectivity index (χ0v) is 11.8. The predicted molar refractivity (Wildman–Crippen MR) is 75.7 cm³/mol. The lowest BCUT2D eigenvalue weighted by Gasteiger charge is -2.19. The Balaban J connectivity index is 2.04. The molecule has 0 aromatic rings. The highest BCUT2D eigenvalue weighted by molar-refractivity contribution is 8.20. The molecule has 0 aromatic heterocycles. The van der Waals surface area contributed by atoms with Crippen LogP contribution in [0, 0.1) is 0 Å². The highest BCUT2D eigenvalue weighted by atomic mass is 32.2. The molecule has 4 nitrogen and oxygen atoms in total. The summed E-state index contributed by atoms with van der Waals surface area (Å²) in [6.07, 6.45) is 1.10. The Kier molecular flexibility index (Phi) is 7.63. The summed E-state index contributed by atoms with van der Waals surface area (Å²) < 4.78 is 4.74. The molecule has 1 heterocycles. The second-order valence-corrected chi connectivity index (χ2v) is 6.88. The quantitative estimate of drug-likeness (QED) is 0.475. The van der Waals surface area contributed by atoms with Gasteiger partial charge in [0, 0.05) is 27.9 Å². The third-order valence-corrected chi connectivity index (χ3v) is 5.89. The minimum absolute atomic E-state index is 0.0484. The zero-order valence-electron chi connectivity index (χ0n) is 9.35. The third-order valence-electron chi connectivity index (χ3n) is 1.83. The Morgan fingerprint density at radius 1 is 1.47 bits per heavy atom. The molecule has 1 amide bonds. The summed E-state index contributed by atoms with van der Waals surface area (Å²) in [7, 11) is 0. The lowest BCUT2D eigenvalue weighted by atomic mass is 10.5. The molecule has 0 aliphatic carbocycles. The predicted octanol–water partition coefficient (Wildman–Crippen LogP) is 1.96. The Morgan fingerprint density at radius 2 is 2.18 bits per heavy atom. The molecule has 17 heavy (non-hydrogen) atoms. The topological polar surface area (TPSA) is 55.4 Å². The van der Waals surface area contributed by atoms with Gasteiger partial charge in [-0.05, 0) is 0 Å². The molecule has 0 atom stereocenters. The third kappa shape index (κ3) is 6.90. The Labute approximate surface area is 114 Å². The monoisotopic (exact) mass is 293 g/mol. The van der Waals surface area contributed by atoms with E-state index < -0.39 is 5.97 Å². The number of amides is 1. The van der Waals surface area contributed by atoms with E-state index in [4.69, 9.17) is 4.74 Å². The summed E-state index contributed by atoms with van der Waals surface area (Å²) in [5.41, 5.74) is 0. The first-order valence-corrected chi connectivity index (χ1v) is 8.30. The zero-order chi connectivity index (χ0) is 12.5. The van der Waals surface area contributed by atoms with E-state index >= 15 is 0 Å². The molecule has 1 saturated heterocycles. The van der Waals surface area contributed by atoms with Crippen molar-refractivity contribution in [3.63, 3.8) is 0 Å². The van der Waals surface area contributed by atoms with Crippen LogP contribution in [0.15, 0.2) is 12.7 Å². The van der Waals surface area contributed by atoms with Crippen molar-refractivity contribution in [3.05, 3.63) is 12.7 Å². The second kappa shape index (κ2) is 8.77. The van der Waals surface area contributed by atoms with Gasteiger partial charge in [0.25, 0.3) is 5.24 Å². The highest BCUT2D eigenvalue weighted by Gasteiger charge is 2.18. The molecule has 1 fully saturated rings. The number of hydrogen-bond donors (Lipinski definition) is 1. The van der Waals surface area contributed by atoms with Crippen LogP contribution in [0.1, 0.15) is 0 Å². The first-order valence-electron chi connectivity index (χ1n) is 5.11. The van der Waals surface area contributed by atoms with Crippen LogP contribution in [-0.4, -0.2) is 46.2 Å². The molecule has 0 radical (unpaired) electrons. The van der Waals surface area contributed by atoms with Crippen LogP contribution in [0.5, 0.6) is 0 Å². The van der Waals surface area contributed by atoms with Gasteiger partial charge in [0.05, 0.1) is 6.54 Å². The lowest BCUT2D eigenvalue weighted by molar-refractivity contribution is -0.137. The van der Waals surface area contributed by atoms with E-state index in [1.165, 1.54) is 11.8 Å². The number of rotatable bonds is 5. The average molecular weight is 293 g/mol. The van der Waals surface area contributed by atoms with Crippen LogP contribution in [0.3, 0.4) is 0 Å². The molecular formula is C10H15NO3S3. The van der Waals surface area contributed by atoms with Crippen molar-refractivity contribution in [2.45, 2.75) is 5.25 Å². The van der Waals surface area contributed by atoms with Crippen LogP contribution in [0.2, 0.25) is 0 Å². The van der Waals surface area contributed by atoms with Crippen molar-refractivity contribution in [1.82, 2.24) is 5.32 Å². The average Bonchev–Trinajstić information content (AvgIpc) is 2.35. The second-order valence-electron chi connectivity index (χ2n) is 3.19. The van der Waals surface area contributed by atoms with Gasteiger partial charge in [0.2, 0.25) is 0 Å². The summed E-state index contributed by atoms with van der Waals surface area (Å²) in [6.45, 7) is 3.81. The number of carbonyl (C=O) groups is 2. The molecule has 0 saturated carbocycles. The van der Waals surface area contributed by atoms with Crippen LogP contribution in [0.4, 0.5) is 4.79 Å². The van der Waals surface area contributed by atoms with Gasteiger partial charge in [-0.3, -0.25) is 4.79 Å². The molecule has 1 aliphatic rings. The van der Waals surface area contributed by atoms with E-state index in [-0.39, 0.29) is 11.8 Å². The van der Waals surface area contributed by atoms with Crippen LogP contribution < -0.4 is 5.32 Å². The minimum atomic E-state index is -0.466. The standard InChI is InChI=1S/C10H15NO3S3/c1-2-9(12)14-4-3-11-10(13)17-8-5-15-7-16-6-8/h2,8H,1,3-7H2,(H,11,13). The molecule has 1 N–H and O–H groups in total. The van der Waals surface area contributed by atoms with Gasteiger partial charge in [-0.1, -0.05) is 18.3 Å². The summed E-state index contributed by atoms with van der Waals surface area (Å²) in [5.74, 6) is 1.58. The Hall–Kier alpha value is -0.270. The van der Waals surface area contributed by atoms with E-state index in [0.717, 1.165) is 22.7 Å². The van der Waals surface area contributed by atoms with Crippen LogP contribution in [-0.2, 0) is 9.53 Å². The molecule has 0 aromatic carbocycles. The maximum atomic E-state index is 11.5. The summed E-state index contributed by atoms with van der Waals surface area (Å²) in [6, 6.07) is 0. The molecule has 0 bridgehead atoms. The Bertz CT molecular complexity index is 280. The van der Waals surface area contributed by atoms with E-state index in [2.05, 4.69) is 11.9 Å². The van der Waals surface area contributed by atoms with Gasteiger partial charge in [-0.15, -0.1) is 23.5 Å². The molecule has 7 heteroatoms. The van der Waals surface area contributed by atoms with E-state index in [9.17, 15) is 9.59 Å². The van der Waals surface area contributed by atoms with Gasteiger partial charge in [0.15, 0.2) is 0 Å². The van der Waals surface area contributed by atoms with Gasteiger partial charge < -0.3 is 10.1 Å². The van der Waals surface area contributed by atoms with Gasteiger partial charge >= 0.3 is 5.97 Å². The van der Waals surface area contributed by atoms with Crippen molar-refractivity contribution in [2.24, 2.45) is 0 Å². The van der Waals surface area contributed by atoms with E-state index in [1.54, 1.807) is 0 Å². The van der Waals surface area contributed by atoms with E-state index in [1.807, 2.05) is 23.5 Å². The van der Waals surface area contributed by atoms with Crippen LogP contribution >= 0.6 is 35.3 Å². The first-order chi connectivity index (χ1) is 8.22. The molecule has 1 aliphatic heterocycles. The first kappa shape index (κ1) is 14.8. The van der Waals surface area contributed by atoms with Crippen molar-refractivity contribution in [2.75, 3.05) is 29.7 Å². The molecule has 96 valence electrons. The number of nitrogens with one attached hydrogen (secondary N) is 1. The largest absolute Gasteiger partial charge is 0.461 e. The molecule has 1 rings (SSSR count). The van der Waals surface area contributed by atoms with Gasteiger partial charge in [-0.25, -0.2) is 4.79 Å². The number of ether oxygens (including phenoxy) is 1.